The van der Waals surface area contributed by atoms with Crippen LogP contribution in [0, 0.1) is 17.7 Å². The van der Waals surface area contributed by atoms with E-state index in [0.717, 1.165) is 38.4 Å². The molecule has 3 fully saturated rings. The lowest BCUT2D eigenvalue weighted by Gasteiger charge is -2.39. The highest BCUT2D eigenvalue weighted by atomic mass is 19.1. The number of piperidine rings is 1. The minimum Gasteiger partial charge on any atom is -0.379 e. The van der Waals surface area contributed by atoms with E-state index in [-0.39, 0.29) is 11.7 Å². The Balaban J connectivity index is 1.34. The van der Waals surface area contributed by atoms with E-state index in [0.29, 0.717) is 37.8 Å². The van der Waals surface area contributed by atoms with Crippen LogP contribution in [0.2, 0.25) is 0 Å². The molecule has 0 unspecified atom stereocenters. The van der Waals surface area contributed by atoms with Crippen molar-refractivity contribution in [2.24, 2.45) is 11.8 Å². The van der Waals surface area contributed by atoms with Gasteiger partial charge < -0.3 is 14.5 Å². The largest absolute Gasteiger partial charge is 0.379 e. The lowest BCUT2D eigenvalue weighted by atomic mass is 9.92. The number of amides is 1. The Kier molecular flexibility index (Phi) is 7.96. The van der Waals surface area contributed by atoms with Gasteiger partial charge in [-0.15, -0.1) is 0 Å². The van der Waals surface area contributed by atoms with Crippen LogP contribution in [-0.4, -0.2) is 79.6 Å². The van der Waals surface area contributed by atoms with E-state index < -0.39 is 6.04 Å². The van der Waals surface area contributed by atoms with Gasteiger partial charge in [-0.25, -0.2) is 4.39 Å². The monoisotopic (exact) mass is 431 g/mol. The van der Waals surface area contributed by atoms with Crippen LogP contribution >= 0.6 is 0 Å². The fourth-order valence-electron chi connectivity index (χ4n) is 5.04. The zero-order valence-corrected chi connectivity index (χ0v) is 19.0. The number of rotatable bonds is 9. The number of carbonyl (C=O) groups excluding carboxylic acids is 1. The minimum absolute atomic E-state index is 0.0503. The predicted molar refractivity (Wildman–Crippen MR) is 120 cm³/mol. The highest BCUT2D eigenvalue weighted by Crippen LogP contribution is 2.31. The molecule has 6 heteroatoms. The average molecular weight is 432 g/mol. The standard InChI is InChI=1S/C25H38FN3O2/c1-2-27(19-21-7-8-21)12-9-20-10-13-29(14-11-20)25(30)24(28-15-17-31-18-16-28)22-5-3-4-6-23(22)26/h3-6,20-21,24H,2,7-19H2,1H3/t24-/m0/s1. The molecule has 1 aromatic rings. The van der Waals surface area contributed by atoms with Crippen molar-refractivity contribution in [3.63, 3.8) is 0 Å². The van der Waals surface area contributed by atoms with E-state index in [1.54, 1.807) is 12.1 Å². The van der Waals surface area contributed by atoms with Gasteiger partial charge >= 0.3 is 0 Å². The van der Waals surface area contributed by atoms with Gasteiger partial charge in [0.05, 0.1) is 13.2 Å². The summed E-state index contributed by atoms with van der Waals surface area (Å²) in [5.41, 5.74) is 0.496. The molecule has 0 aromatic heterocycles. The van der Waals surface area contributed by atoms with Crippen molar-refractivity contribution in [2.75, 3.05) is 59.0 Å². The molecule has 0 spiro atoms. The van der Waals surface area contributed by atoms with Crippen molar-refractivity contribution in [3.8, 4) is 0 Å². The average Bonchev–Trinajstić information content (AvgIpc) is 3.63. The first-order chi connectivity index (χ1) is 15.2. The Morgan fingerprint density at radius 2 is 1.81 bits per heavy atom. The zero-order valence-electron chi connectivity index (χ0n) is 19.0. The van der Waals surface area contributed by atoms with E-state index in [9.17, 15) is 9.18 Å². The van der Waals surface area contributed by atoms with Gasteiger partial charge in [-0.05, 0) is 63.1 Å². The van der Waals surface area contributed by atoms with Crippen LogP contribution in [0.5, 0.6) is 0 Å². The number of nitrogens with zero attached hydrogens (tertiary/aromatic N) is 3. The van der Waals surface area contributed by atoms with Crippen molar-refractivity contribution in [1.29, 1.82) is 0 Å². The second kappa shape index (κ2) is 10.9. The van der Waals surface area contributed by atoms with Crippen LogP contribution in [0.4, 0.5) is 4.39 Å². The SMILES string of the molecule is CCN(CCC1CCN(C(=O)[C@H](c2ccccc2F)N2CCOCC2)CC1)CC1CC1. The molecule has 2 aliphatic heterocycles. The summed E-state index contributed by atoms with van der Waals surface area (Å²) in [6, 6.07) is 6.19. The smallest absolute Gasteiger partial charge is 0.244 e. The molecule has 1 atom stereocenters. The maximum atomic E-state index is 14.7. The maximum Gasteiger partial charge on any atom is 0.244 e. The first-order valence-electron chi connectivity index (χ1n) is 12.2. The summed E-state index contributed by atoms with van der Waals surface area (Å²) in [7, 11) is 0. The number of ether oxygens (including phenoxy) is 1. The summed E-state index contributed by atoms with van der Waals surface area (Å²) in [6.45, 7) is 9.92. The fourth-order valence-corrected chi connectivity index (χ4v) is 5.04. The Morgan fingerprint density at radius 3 is 2.45 bits per heavy atom. The van der Waals surface area contributed by atoms with Crippen LogP contribution in [0.15, 0.2) is 24.3 Å². The highest BCUT2D eigenvalue weighted by molar-refractivity contribution is 5.83. The molecule has 31 heavy (non-hydrogen) atoms. The lowest BCUT2D eigenvalue weighted by Crippen LogP contribution is -2.49. The predicted octanol–water partition coefficient (Wildman–Crippen LogP) is 3.56. The Morgan fingerprint density at radius 1 is 1.10 bits per heavy atom. The second-order valence-corrected chi connectivity index (χ2v) is 9.47. The molecular formula is C25H38FN3O2. The molecule has 0 N–H and O–H groups in total. The van der Waals surface area contributed by atoms with Gasteiger partial charge in [0.25, 0.3) is 0 Å². The van der Waals surface area contributed by atoms with Crippen LogP contribution in [0.1, 0.15) is 50.6 Å². The van der Waals surface area contributed by atoms with Crippen molar-refractivity contribution in [3.05, 3.63) is 35.6 Å². The topological polar surface area (TPSA) is 36.0 Å². The fraction of sp³-hybridized carbons (Fsp3) is 0.720. The van der Waals surface area contributed by atoms with E-state index in [4.69, 9.17) is 4.74 Å². The number of carbonyl (C=O) groups is 1. The van der Waals surface area contributed by atoms with Crippen molar-refractivity contribution < 1.29 is 13.9 Å². The van der Waals surface area contributed by atoms with Gasteiger partial charge in [0.1, 0.15) is 11.9 Å². The zero-order chi connectivity index (χ0) is 21.6. The van der Waals surface area contributed by atoms with E-state index in [2.05, 4.69) is 16.7 Å². The minimum atomic E-state index is -0.546. The van der Waals surface area contributed by atoms with Gasteiger partial charge in [-0.2, -0.15) is 0 Å². The van der Waals surface area contributed by atoms with Crippen LogP contribution in [0.3, 0.4) is 0 Å². The highest BCUT2D eigenvalue weighted by Gasteiger charge is 2.35. The summed E-state index contributed by atoms with van der Waals surface area (Å²) < 4.78 is 20.1. The van der Waals surface area contributed by atoms with Gasteiger partial charge in [0, 0.05) is 38.3 Å². The molecule has 4 rings (SSSR count). The summed E-state index contributed by atoms with van der Waals surface area (Å²) in [5, 5.41) is 0. The first kappa shape index (κ1) is 22.7. The number of likely N-dealkylation sites (tertiary alicyclic amines) is 1. The van der Waals surface area contributed by atoms with Crippen molar-refractivity contribution in [1.82, 2.24) is 14.7 Å². The Hall–Kier alpha value is -1.50. The lowest BCUT2D eigenvalue weighted by molar-refractivity contribution is -0.140. The normalized spacial score (nSPS) is 22.1. The van der Waals surface area contributed by atoms with Gasteiger partial charge in [0.15, 0.2) is 0 Å². The number of halogens is 1. The molecule has 2 saturated heterocycles. The molecule has 3 aliphatic rings. The van der Waals surface area contributed by atoms with E-state index in [1.807, 2.05) is 11.0 Å². The van der Waals surface area contributed by atoms with Gasteiger partial charge in [-0.1, -0.05) is 25.1 Å². The van der Waals surface area contributed by atoms with Gasteiger partial charge in [-0.3, -0.25) is 9.69 Å². The molecular weight excluding hydrogens is 393 g/mol. The van der Waals surface area contributed by atoms with Crippen LogP contribution in [-0.2, 0) is 9.53 Å². The summed E-state index contributed by atoms with van der Waals surface area (Å²) in [4.78, 5) is 20.2. The van der Waals surface area contributed by atoms with Crippen molar-refractivity contribution >= 4 is 5.91 Å². The number of hydrogen-bond donors (Lipinski definition) is 0. The molecule has 1 aromatic carbocycles. The second-order valence-electron chi connectivity index (χ2n) is 9.47. The molecule has 5 nitrogen and oxygen atoms in total. The molecule has 172 valence electrons. The number of benzene rings is 1. The van der Waals surface area contributed by atoms with E-state index in [1.165, 1.54) is 38.4 Å². The maximum absolute atomic E-state index is 14.7. The molecule has 0 radical (unpaired) electrons. The quantitative estimate of drug-likeness (QED) is 0.599. The van der Waals surface area contributed by atoms with E-state index >= 15 is 0 Å². The summed E-state index contributed by atoms with van der Waals surface area (Å²) >= 11 is 0. The molecule has 1 amide bonds. The molecule has 2 heterocycles. The Labute approximate surface area is 186 Å². The van der Waals surface area contributed by atoms with Crippen LogP contribution < -0.4 is 0 Å². The third-order valence-electron chi connectivity index (χ3n) is 7.28. The molecule has 1 aliphatic carbocycles. The van der Waals surface area contributed by atoms with Crippen LogP contribution in [0.25, 0.3) is 0 Å². The summed E-state index contributed by atoms with van der Waals surface area (Å²) in [5.74, 6) is 1.38. The Bertz CT molecular complexity index is 712. The number of hydrogen-bond acceptors (Lipinski definition) is 4. The number of morpholine rings is 1. The van der Waals surface area contributed by atoms with Gasteiger partial charge in [0.2, 0.25) is 5.91 Å². The summed E-state index contributed by atoms with van der Waals surface area (Å²) in [6.07, 6.45) is 6.15. The van der Waals surface area contributed by atoms with Crippen molar-refractivity contribution in [2.45, 2.75) is 45.1 Å². The third-order valence-corrected chi connectivity index (χ3v) is 7.28. The first-order valence-corrected chi connectivity index (χ1v) is 12.2. The third kappa shape index (κ3) is 6.05. The molecule has 1 saturated carbocycles. The molecule has 0 bridgehead atoms.